The third-order valence-corrected chi connectivity index (χ3v) is 3.13. The zero-order chi connectivity index (χ0) is 18.5. The molecule has 0 saturated carbocycles. The number of ether oxygens (including phenoxy) is 1. The second-order valence-electron chi connectivity index (χ2n) is 5.15. The number of carbonyl (C=O) groups is 1. The van der Waals surface area contributed by atoms with Gasteiger partial charge in [0.2, 0.25) is 5.69 Å². The van der Waals surface area contributed by atoms with Crippen LogP contribution in [0.25, 0.3) is 5.69 Å². The Kier molecular flexibility index (Phi) is 6.51. The Balaban J connectivity index is 0.000000505. The molecule has 0 aliphatic heterocycles. The van der Waals surface area contributed by atoms with Crippen molar-refractivity contribution in [3.8, 4) is 5.69 Å². The third-order valence-electron chi connectivity index (χ3n) is 3.13. The van der Waals surface area contributed by atoms with Gasteiger partial charge in [-0.2, -0.15) is 4.57 Å². The minimum absolute atomic E-state index is 0.317. The van der Waals surface area contributed by atoms with E-state index in [1.165, 1.54) is 12.7 Å². The Bertz CT molecular complexity index is 703. The van der Waals surface area contributed by atoms with Crippen molar-refractivity contribution in [3.05, 3.63) is 58.9 Å². The van der Waals surface area contributed by atoms with Crippen molar-refractivity contribution in [1.29, 1.82) is 0 Å². The number of esters is 1. The van der Waals surface area contributed by atoms with Crippen LogP contribution in [0, 0.1) is 20.8 Å². The molecule has 0 radical (unpaired) electrons. The van der Waals surface area contributed by atoms with Crippen molar-refractivity contribution in [1.82, 2.24) is 0 Å². The number of hydrogen-bond donors (Lipinski definition) is 0. The Labute approximate surface area is 138 Å². The molecule has 1 heterocycles. The summed E-state index contributed by atoms with van der Waals surface area (Å²) in [7, 11) is -4.60. The van der Waals surface area contributed by atoms with Crippen molar-refractivity contribution in [2.75, 3.05) is 7.11 Å². The van der Waals surface area contributed by atoms with E-state index in [1.54, 1.807) is 6.07 Å². The molecule has 0 amide bonds. The lowest BCUT2D eigenvalue weighted by Crippen LogP contribution is -2.39. The maximum atomic E-state index is 11.9. The number of halogens is 4. The summed E-state index contributed by atoms with van der Waals surface area (Å²) < 4.78 is 45.9. The Hall–Kier alpha value is -2.38. The molecule has 0 fully saturated rings. The van der Waals surface area contributed by atoms with Crippen LogP contribution >= 0.6 is 0 Å². The zero-order valence-corrected chi connectivity index (χ0v) is 13.8. The van der Waals surface area contributed by atoms with E-state index in [2.05, 4.69) is 23.6 Å². The number of aromatic nitrogens is 1. The standard InChI is InChI=1S/C16H18NO2.BF4/c1-11-9-12(2)17(13(3)10-11)15-8-6-5-7-14(15)16(18)19-4;2-1(3,4)5/h5-10H,1-4H3;/q+1;-1. The summed E-state index contributed by atoms with van der Waals surface area (Å²) in [4.78, 5) is 11.9. The number of hydrogen-bond acceptors (Lipinski definition) is 2. The number of para-hydroxylation sites is 1. The lowest BCUT2D eigenvalue weighted by Gasteiger charge is -2.08. The molecule has 2 aromatic rings. The van der Waals surface area contributed by atoms with Gasteiger partial charge in [0.05, 0.1) is 7.11 Å². The van der Waals surface area contributed by atoms with Crippen molar-refractivity contribution in [3.63, 3.8) is 0 Å². The molecule has 0 aliphatic carbocycles. The predicted molar refractivity (Wildman–Crippen MR) is 83.7 cm³/mol. The van der Waals surface area contributed by atoms with Crippen molar-refractivity contribution >= 4 is 13.2 Å². The fourth-order valence-electron chi connectivity index (χ4n) is 2.44. The molecule has 0 aliphatic rings. The molecule has 2 rings (SSSR count). The van der Waals surface area contributed by atoms with Gasteiger partial charge in [-0.05, 0) is 18.6 Å². The molecule has 0 unspecified atom stereocenters. The van der Waals surface area contributed by atoms with E-state index in [1.807, 2.05) is 32.0 Å². The van der Waals surface area contributed by atoms with Gasteiger partial charge in [0.15, 0.2) is 11.4 Å². The molecule has 3 nitrogen and oxygen atoms in total. The number of benzene rings is 1. The summed E-state index contributed by atoms with van der Waals surface area (Å²) in [5, 5.41) is 0. The Morgan fingerprint density at radius 1 is 1.00 bits per heavy atom. The average molecular weight is 343 g/mol. The first kappa shape index (κ1) is 19.7. The highest BCUT2D eigenvalue weighted by Crippen LogP contribution is 2.13. The number of pyridine rings is 1. The first-order chi connectivity index (χ1) is 11.0. The molecule has 130 valence electrons. The summed E-state index contributed by atoms with van der Waals surface area (Å²) in [5.41, 5.74) is 4.82. The van der Waals surface area contributed by atoms with Crippen LogP contribution in [0.15, 0.2) is 36.4 Å². The largest absolute Gasteiger partial charge is 0.673 e. The maximum absolute atomic E-state index is 11.9. The van der Waals surface area contributed by atoms with Crippen LogP contribution in [0.4, 0.5) is 17.3 Å². The second-order valence-corrected chi connectivity index (χ2v) is 5.15. The monoisotopic (exact) mass is 343 g/mol. The third kappa shape index (κ3) is 5.68. The molecule has 1 aromatic heterocycles. The van der Waals surface area contributed by atoms with Gasteiger partial charge >= 0.3 is 13.2 Å². The predicted octanol–water partition coefficient (Wildman–Crippen LogP) is 3.98. The van der Waals surface area contributed by atoms with Gasteiger partial charge in [0.25, 0.3) is 0 Å². The number of rotatable bonds is 2. The van der Waals surface area contributed by atoms with Crippen LogP contribution in [0.1, 0.15) is 27.3 Å². The average Bonchev–Trinajstić information content (AvgIpc) is 2.44. The van der Waals surface area contributed by atoms with Crippen molar-refractivity contribution < 1.29 is 31.4 Å². The van der Waals surface area contributed by atoms with E-state index in [4.69, 9.17) is 4.74 Å². The molecule has 0 saturated heterocycles. The van der Waals surface area contributed by atoms with Crippen LogP contribution in [-0.4, -0.2) is 20.3 Å². The van der Waals surface area contributed by atoms with Gasteiger partial charge in [-0.15, -0.1) is 0 Å². The van der Waals surface area contributed by atoms with E-state index >= 15 is 0 Å². The smallest absolute Gasteiger partial charge is 0.465 e. The van der Waals surface area contributed by atoms with Crippen LogP contribution in [0.2, 0.25) is 0 Å². The molecule has 0 bridgehead atoms. The van der Waals surface area contributed by atoms with Crippen LogP contribution in [-0.2, 0) is 4.74 Å². The summed E-state index contributed by atoms with van der Waals surface area (Å²) in [5.74, 6) is -0.317. The normalized spacial score (nSPS) is 10.7. The number of aryl methyl sites for hydroxylation is 3. The number of nitrogens with zero attached hydrogens (tertiary/aromatic N) is 1. The number of methoxy groups -OCH3 is 1. The summed E-state index contributed by atoms with van der Waals surface area (Å²) in [6.07, 6.45) is 0. The first-order valence-electron chi connectivity index (χ1n) is 7.09. The van der Waals surface area contributed by atoms with Crippen LogP contribution in [0.3, 0.4) is 0 Å². The number of carbonyl (C=O) groups excluding carboxylic acids is 1. The molecule has 1 aromatic carbocycles. The van der Waals surface area contributed by atoms with Gasteiger partial charge in [-0.1, -0.05) is 12.1 Å². The Morgan fingerprint density at radius 3 is 1.92 bits per heavy atom. The topological polar surface area (TPSA) is 30.2 Å². The molecule has 0 N–H and O–H groups in total. The molecular formula is C16H18BF4NO2. The summed E-state index contributed by atoms with van der Waals surface area (Å²) in [6.45, 7) is 6.14. The molecule has 0 atom stereocenters. The van der Waals surface area contributed by atoms with Crippen molar-refractivity contribution in [2.45, 2.75) is 20.8 Å². The fraction of sp³-hybridized carbons (Fsp3) is 0.250. The van der Waals surface area contributed by atoms with E-state index in [0.29, 0.717) is 5.56 Å². The van der Waals surface area contributed by atoms with Crippen LogP contribution in [0.5, 0.6) is 0 Å². The molecular weight excluding hydrogens is 325 g/mol. The molecule has 8 heteroatoms. The summed E-state index contributed by atoms with van der Waals surface area (Å²) in [6, 6.07) is 11.7. The highest BCUT2D eigenvalue weighted by atomic mass is 19.5. The van der Waals surface area contributed by atoms with Gasteiger partial charge in [0.1, 0.15) is 5.56 Å². The minimum atomic E-state index is -6.00. The second kappa shape index (κ2) is 7.94. The molecule has 24 heavy (non-hydrogen) atoms. The lowest BCUT2D eigenvalue weighted by molar-refractivity contribution is -0.609. The fourth-order valence-corrected chi connectivity index (χ4v) is 2.44. The van der Waals surface area contributed by atoms with Crippen molar-refractivity contribution in [2.24, 2.45) is 0 Å². The highest BCUT2D eigenvalue weighted by molar-refractivity contribution is 6.50. The quantitative estimate of drug-likeness (QED) is 0.357. The van der Waals surface area contributed by atoms with Gasteiger partial charge in [-0.3, -0.25) is 0 Å². The van der Waals surface area contributed by atoms with Gasteiger partial charge in [0, 0.05) is 32.0 Å². The minimum Gasteiger partial charge on any atom is -0.465 e. The van der Waals surface area contributed by atoms with E-state index < -0.39 is 7.25 Å². The highest BCUT2D eigenvalue weighted by Gasteiger charge is 2.23. The lowest BCUT2D eigenvalue weighted by atomic mass is 10.1. The summed E-state index contributed by atoms with van der Waals surface area (Å²) >= 11 is 0. The maximum Gasteiger partial charge on any atom is 0.673 e. The van der Waals surface area contributed by atoms with E-state index in [9.17, 15) is 22.1 Å². The first-order valence-corrected chi connectivity index (χ1v) is 7.09. The van der Waals surface area contributed by atoms with Crippen LogP contribution < -0.4 is 4.57 Å². The van der Waals surface area contributed by atoms with Gasteiger partial charge in [-0.25, -0.2) is 4.79 Å². The van der Waals surface area contributed by atoms with Gasteiger partial charge < -0.3 is 22.0 Å². The van der Waals surface area contributed by atoms with E-state index in [-0.39, 0.29) is 5.97 Å². The SMILES string of the molecule is COC(=O)c1ccccc1-[n+]1c(C)cc(C)cc1C.F[B-](F)(F)F. The van der Waals surface area contributed by atoms with E-state index in [0.717, 1.165) is 17.1 Å². The Morgan fingerprint density at radius 2 is 1.46 bits per heavy atom. The molecule has 0 spiro atoms. The zero-order valence-electron chi connectivity index (χ0n) is 13.8.